The fourth-order valence-corrected chi connectivity index (χ4v) is 5.84. The van der Waals surface area contributed by atoms with Gasteiger partial charge in [-0.25, -0.2) is 9.50 Å². The number of anilines is 1. The van der Waals surface area contributed by atoms with E-state index in [0.717, 1.165) is 46.7 Å². The van der Waals surface area contributed by atoms with E-state index in [1.807, 2.05) is 62.0 Å². The highest BCUT2D eigenvalue weighted by Gasteiger charge is 2.57. The van der Waals surface area contributed by atoms with Crippen LogP contribution in [0.15, 0.2) is 79.5 Å². The lowest BCUT2D eigenvalue weighted by Crippen LogP contribution is -2.37. The van der Waals surface area contributed by atoms with Crippen molar-refractivity contribution in [3.8, 4) is 28.3 Å². The van der Waals surface area contributed by atoms with E-state index in [-0.39, 0.29) is 11.9 Å². The van der Waals surface area contributed by atoms with Gasteiger partial charge in [-0.3, -0.25) is 9.48 Å². The van der Waals surface area contributed by atoms with Crippen molar-refractivity contribution in [3.05, 3.63) is 90.6 Å². The van der Waals surface area contributed by atoms with Gasteiger partial charge in [0.25, 0.3) is 5.91 Å². The van der Waals surface area contributed by atoms with Crippen molar-refractivity contribution in [3.63, 3.8) is 0 Å². The summed E-state index contributed by atoms with van der Waals surface area (Å²) in [5, 5.41) is 31.8. The number of rotatable bonds is 6. The van der Waals surface area contributed by atoms with Crippen LogP contribution in [0.5, 0.6) is 0 Å². The van der Waals surface area contributed by atoms with E-state index in [4.69, 9.17) is 4.98 Å². The second kappa shape index (κ2) is 9.32. The Morgan fingerprint density at radius 1 is 1.02 bits per heavy atom. The summed E-state index contributed by atoms with van der Waals surface area (Å²) in [4.78, 5) is 19.6. The molecule has 40 heavy (non-hydrogen) atoms. The number of piperidine rings is 1. The van der Waals surface area contributed by atoms with Gasteiger partial charge >= 0.3 is 0 Å². The molecule has 0 spiro atoms. The van der Waals surface area contributed by atoms with E-state index >= 15 is 0 Å². The minimum atomic E-state index is -1.16. The number of aryl methyl sites for hydroxylation is 1. The highest BCUT2D eigenvalue weighted by atomic mass is 16.3. The molecule has 1 saturated carbocycles. The summed E-state index contributed by atoms with van der Waals surface area (Å²) in [7, 11) is 1.87. The fraction of sp³-hybridized carbons (Fsp3) is 0.233. The van der Waals surface area contributed by atoms with Crippen LogP contribution in [-0.2, 0) is 11.8 Å². The monoisotopic (exact) mass is 530 g/mol. The molecule has 1 aromatic carbocycles. The molecule has 2 fully saturated rings. The third-order valence-corrected chi connectivity index (χ3v) is 8.02. The summed E-state index contributed by atoms with van der Waals surface area (Å²) in [6, 6.07) is 17.4. The normalized spacial score (nSPS) is 20.2. The predicted octanol–water partition coefficient (Wildman–Crippen LogP) is 2.95. The Kier molecular flexibility index (Phi) is 5.61. The number of amides is 1. The van der Waals surface area contributed by atoms with Gasteiger partial charge in [-0.2, -0.15) is 15.5 Å². The Labute approximate surface area is 230 Å². The number of aliphatic hydroxyl groups excluding tert-OH is 1. The molecule has 5 aromatic rings. The van der Waals surface area contributed by atoms with Gasteiger partial charge in [0.05, 0.1) is 23.5 Å². The minimum absolute atomic E-state index is 0.0798. The van der Waals surface area contributed by atoms with Crippen LogP contribution in [0, 0.1) is 23.2 Å². The van der Waals surface area contributed by atoms with Crippen LogP contribution in [0.2, 0.25) is 0 Å². The zero-order valence-electron chi connectivity index (χ0n) is 21.7. The average molecular weight is 531 g/mol. The maximum absolute atomic E-state index is 12.6. The number of nitrogens with one attached hydrogen (secondary N) is 1. The van der Waals surface area contributed by atoms with E-state index in [1.54, 1.807) is 33.7 Å². The van der Waals surface area contributed by atoms with Crippen LogP contribution < -0.4 is 10.2 Å². The van der Waals surface area contributed by atoms with Gasteiger partial charge in [0.15, 0.2) is 6.10 Å². The SMILES string of the molecule is Cn1cc(-c2cc(-c3ccc(N4C[C@@H]5C(NC(=O)[C@H](O)c6ccccc6)[C@@H]5C4)nc3)c3c(C#N)cnn3c2)cn1. The van der Waals surface area contributed by atoms with Crippen molar-refractivity contribution >= 4 is 17.2 Å². The van der Waals surface area contributed by atoms with Gasteiger partial charge in [0.1, 0.15) is 11.9 Å². The van der Waals surface area contributed by atoms with Gasteiger partial charge in [0.2, 0.25) is 0 Å². The molecule has 7 rings (SSSR count). The molecule has 10 heteroatoms. The minimum Gasteiger partial charge on any atom is -0.378 e. The third kappa shape index (κ3) is 4.08. The zero-order valence-corrected chi connectivity index (χ0v) is 21.7. The van der Waals surface area contributed by atoms with E-state index in [2.05, 4.69) is 26.5 Å². The van der Waals surface area contributed by atoms with Crippen LogP contribution >= 0.6 is 0 Å². The Hall–Kier alpha value is -5.01. The predicted molar refractivity (Wildman–Crippen MR) is 148 cm³/mol. The number of aromatic nitrogens is 5. The van der Waals surface area contributed by atoms with E-state index in [1.165, 1.54) is 0 Å². The summed E-state index contributed by atoms with van der Waals surface area (Å²) in [6.45, 7) is 1.59. The highest BCUT2D eigenvalue weighted by Crippen LogP contribution is 2.47. The smallest absolute Gasteiger partial charge is 0.253 e. The first-order valence-corrected chi connectivity index (χ1v) is 13.2. The van der Waals surface area contributed by atoms with Crippen molar-refractivity contribution in [2.45, 2.75) is 12.1 Å². The number of carbonyl (C=O) groups excluding carboxylic acids is 1. The third-order valence-electron chi connectivity index (χ3n) is 8.02. The van der Waals surface area contributed by atoms with Crippen LogP contribution in [0.25, 0.3) is 27.8 Å². The first-order chi connectivity index (χ1) is 19.5. The first-order valence-electron chi connectivity index (χ1n) is 13.2. The molecule has 4 atom stereocenters. The Bertz CT molecular complexity index is 1760. The number of nitrogens with zero attached hydrogens (tertiary/aromatic N) is 7. The summed E-state index contributed by atoms with van der Waals surface area (Å²) >= 11 is 0. The summed E-state index contributed by atoms with van der Waals surface area (Å²) in [5.74, 6) is 1.21. The van der Waals surface area contributed by atoms with Crippen molar-refractivity contribution in [2.24, 2.45) is 18.9 Å². The molecule has 0 radical (unpaired) electrons. The molecule has 198 valence electrons. The van der Waals surface area contributed by atoms with Gasteiger partial charge in [-0.15, -0.1) is 0 Å². The number of fused-ring (bicyclic) bond motifs is 2. The number of aliphatic hydroxyl groups is 1. The number of hydrogen-bond donors (Lipinski definition) is 2. The van der Waals surface area contributed by atoms with Crippen molar-refractivity contribution in [1.29, 1.82) is 5.26 Å². The van der Waals surface area contributed by atoms with Crippen LogP contribution in [0.1, 0.15) is 17.2 Å². The number of benzene rings is 1. The summed E-state index contributed by atoms with van der Waals surface area (Å²) in [5.41, 5.74) is 5.50. The topological polar surface area (TPSA) is 124 Å². The number of pyridine rings is 2. The zero-order chi connectivity index (χ0) is 27.4. The molecule has 0 bridgehead atoms. The van der Waals surface area contributed by atoms with E-state index < -0.39 is 6.10 Å². The van der Waals surface area contributed by atoms with Crippen molar-refractivity contribution < 1.29 is 9.90 Å². The van der Waals surface area contributed by atoms with Gasteiger partial charge < -0.3 is 15.3 Å². The maximum Gasteiger partial charge on any atom is 0.253 e. The lowest BCUT2D eigenvalue weighted by atomic mass is 10.0. The van der Waals surface area contributed by atoms with Gasteiger partial charge in [0, 0.05) is 78.9 Å². The highest BCUT2D eigenvalue weighted by molar-refractivity contribution is 5.87. The molecule has 1 amide bonds. The maximum atomic E-state index is 12.6. The van der Waals surface area contributed by atoms with Crippen molar-refractivity contribution in [1.82, 2.24) is 29.7 Å². The Morgan fingerprint density at radius 3 is 2.50 bits per heavy atom. The molecule has 1 aliphatic heterocycles. The molecule has 5 heterocycles. The van der Waals surface area contributed by atoms with Gasteiger partial charge in [-0.05, 0) is 23.8 Å². The van der Waals surface area contributed by atoms with E-state index in [9.17, 15) is 15.2 Å². The lowest BCUT2D eigenvalue weighted by molar-refractivity contribution is -0.129. The molecule has 1 saturated heterocycles. The molecule has 4 aromatic heterocycles. The molecule has 1 unspecified atom stereocenters. The molecule has 10 nitrogen and oxygen atoms in total. The quantitative estimate of drug-likeness (QED) is 0.346. The fourth-order valence-electron chi connectivity index (χ4n) is 5.84. The summed E-state index contributed by atoms with van der Waals surface area (Å²) in [6.07, 6.45) is 7.91. The largest absolute Gasteiger partial charge is 0.378 e. The Balaban J connectivity index is 1.07. The van der Waals surface area contributed by atoms with Crippen molar-refractivity contribution in [2.75, 3.05) is 18.0 Å². The van der Waals surface area contributed by atoms with Crippen LogP contribution in [0.4, 0.5) is 5.82 Å². The average Bonchev–Trinajstić information content (AvgIpc) is 3.44. The Morgan fingerprint density at radius 2 is 1.82 bits per heavy atom. The molecular formula is C30H26N8O2. The lowest BCUT2D eigenvalue weighted by Gasteiger charge is -2.22. The molecule has 2 aliphatic rings. The van der Waals surface area contributed by atoms with Gasteiger partial charge in [-0.1, -0.05) is 30.3 Å². The second-order valence-corrected chi connectivity index (χ2v) is 10.5. The first kappa shape index (κ1) is 24.1. The standard InChI is InChI=1S/C30H26N8O2/c1-36-14-22(13-33-36)20-9-23(28-21(10-31)12-34-38(28)15-20)19-7-8-26(32-11-19)37-16-24-25(17-37)27(24)35-30(40)29(39)18-5-3-2-4-6-18/h2-9,11-15,24-25,27,29,39H,16-17H2,1H3,(H,35,40)/t24-,25+,27?,29-/m1/s1. The van der Waals surface area contributed by atoms with E-state index in [0.29, 0.717) is 23.0 Å². The molecule has 2 N–H and O–H groups in total. The van der Waals surface area contributed by atoms with Crippen LogP contribution in [-0.4, -0.2) is 54.5 Å². The number of hydrogen-bond acceptors (Lipinski definition) is 7. The second-order valence-electron chi connectivity index (χ2n) is 10.5. The number of carbonyl (C=O) groups is 1. The molecular weight excluding hydrogens is 504 g/mol. The summed E-state index contributed by atoms with van der Waals surface area (Å²) < 4.78 is 3.49. The molecule has 1 aliphatic carbocycles. The van der Waals surface area contributed by atoms with Crippen LogP contribution in [0.3, 0.4) is 0 Å². The number of nitriles is 1.